The van der Waals surface area contributed by atoms with E-state index in [9.17, 15) is 18.0 Å². The monoisotopic (exact) mass is 246 g/mol. The van der Waals surface area contributed by atoms with E-state index < -0.39 is 17.8 Å². The summed E-state index contributed by atoms with van der Waals surface area (Å²) < 4.78 is 43.4. The zero-order valence-electron chi connectivity index (χ0n) is 9.54. The minimum Gasteiger partial charge on any atom is -0.493 e. The normalized spacial score (nSPS) is 12.6. The number of hydrogen-bond acceptors (Lipinski definition) is 2. The molecule has 1 aromatic rings. The summed E-state index contributed by atoms with van der Waals surface area (Å²) in [5.74, 6) is -1.28. The van der Waals surface area contributed by atoms with Crippen molar-refractivity contribution < 1.29 is 22.7 Å². The molecular formula is C12H13F3O2. The molecule has 0 aliphatic rings. The van der Waals surface area contributed by atoms with Crippen LogP contribution in [0.25, 0.3) is 0 Å². The molecular weight excluding hydrogens is 233 g/mol. The third-order valence-corrected chi connectivity index (χ3v) is 2.53. The Balaban J connectivity index is 3.27. The summed E-state index contributed by atoms with van der Waals surface area (Å²) in [4.78, 5) is 10.4. The molecule has 0 radical (unpaired) electrons. The van der Waals surface area contributed by atoms with Crippen molar-refractivity contribution in [2.45, 2.75) is 25.7 Å². The van der Waals surface area contributed by atoms with Crippen LogP contribution in [-0.4, -0.2) is 13.4 Å². The van der Waals surface area contributed by atoms with Crippen molar-refractivity contribution in [3.8, 4) is 5.75 Å². The van der Waals surface area contributed by atoms with Crippen molar-refractivity contribution in [2.24, 2.45) is 0 Å². The summed E-state index contributed by atoms with van der Waals surface area (Å²) in [6, 6.07) is 1.93. The van der Waals surface area contributed by atoms with Crippen molar-refractivity contribution in [2.75, 3.05) is 7.11 Å². The van der Waals surface area contributed by atoms with Gasteiger partial charge in [-0.05, 0) is 18.1 Å². The fraction of sp³-hybridized carbons (Fsp3) is 0.417. The van der Waals surface area contributed by atoms with E-state index in [1.807, 2.05) is 0 Å². The number of methoxy groups -OCH3 is 1. The van der Waals surface area contributed by atoms with Gasteiger partial charge in [0.25, 0.3) is 6.43 Å². The van der Waals surface area contributed by atoms with Crippen molar-refractivity contribution in [1.29, 1.82) is 0 Å². The molecule has 1 rings (SSSR count). The van der Waals surface area contributed by atoms with Crippen molar-refractivity contribution in [3.63, 3.8) is 0 Å². The fourth-order valence-electron chi connectivity index (χ4n) is 1.62. The van der Waals surface area contributed by atoms with E-state index in [2.05, 4.69) is 0 Å². The third kappa shape index (κ3) is 2.99. The van der Waals surface area contributed by atoms with E-state index in [0.29, 0.717) is 6.29 Å². The summed E-state index contributed by atoms with van der Waals surface area (Å²) in [6.07, 6.45) is -1.96. The molecule has 2 nitrogen and oxygen atoms in total. The molecule has 0 saturated carbocycles. The smallest absolute Gasteiger partial charge is 0.263 e. The molecule has 0 aliphatic heterocycles. The van der Waals surface area contributed by atoms with E-state index in [1.165, 1.54) is 13.2 Å². The van der Waals surface area contributed by atoms with Gasteiger partial charge in [0.15, 0.2) is 11.6 Å². The van der Waals surface area contributed by atoms with Gasteiger partial charge < -0.3 is 9.53 Å². The predicted molar refractivity (Wildman–Crippen MR) is 57.0 cm³/mol. The lowest BCUT2D eigenvalue weighted by Crippen LogP contribution is -2.03. The van der Waals surface area contributed by atoms with Gasteiger partial charge in [0.1, 0.15) is 6.29 Å². The molecule has 0 aliphatic carbocycles. The minimum atomic E-state index is -2.75. The summed E-state index contributed by atoms with van der Waals surface area (Å²) >= 11 is 0. The average molecular weight is 246 g/mol. The topological polar surface area (TPSA) is 26.3 Å². The Labute approximate surface area is 97.4 Å². The van der Waals surface area contributed by atoms with Crippen LogP contribution in [0.3, 0.4) is 0 Å². The lowest BCUT2D eigenvalue weighted by molar-refractivity contribution is -0.108. The summed E-state index contributed by atoms with van der Waals surface area (Å²) in [5.41, 5.74) is -0.119. The average Bonchev–Trinajstić information content (AvgIpc) is 2.28. The highest BCUT2D eigenvalue weighted by atomic mass is 19.3. The zero-order chi connectivity index (χ0) is 13.0. The van der Waals surface area contributed by atoms with Gasteiger partial charge in [-0.3, -0.25) is 0 Å². The van der Waals surface area contributed by atoms with Gasteiger partial charge in [-0.15, -0.1) is 0 Å². The number of alkyl halides is 2. The summed E-state index contributed by atoms with van der Waals surface area (Å²) in [7, 11) is 1.26. The molecule has 0 fully saturated rings. The molecule has 17 heavy (non-hydrogen) atoms. The van der Waals surface area contributed by atoms with Crippen LogP contribution in [0.15, 0.2) is 12.1 Å². The first-order valence-electron chi connectivity index (χ1n) is 5.10. The lowest BCUT2D eigenvalue weighted by atomic mass is 9.95. The van der Waals surface area contributed by atoms with Crippen LogP contribution in [0.1, 0.15) is 36.8 Å². The number of halogens is 3. The van der Waals surface area contributed by atoms with Gasteiger partial charge in [-0.25, -0.2) is 13.2 Å². The summed E-state index contributed by atoms with van der Waals surface area (Å²) in [6.45, 7) is 1.65. The predicted octanol–water partition coefficient (Wildman–Crippen LogP) is 3.46. The molecule has 5 heteroatoms. The fourth-order valence-corrected chi connectivity index (χ4v) is 1.62. The first-order valence-corrected chi connectivity index (χ1v) is 5.10. The Morgan fingerprint density at radius 2 is 2.06 bits per heavy atom. The van der Waals surface area contributed by atoms with Crippen LogP contribution in [-0.2, 0) is 4.79 Å². The molecule has 0 spiro atoms. The Kier molecular flexibility index (Phi) is 4.54. The second kappa shape index (κ2) is 5.70. The molecule has 0 heterocycles. The van der Waals surface area contributed by atoms with Gasteiger partial charge >= 0.3 is 0 Å². The Hall–Kier alpha value is -1.52. The van der Waals surface area contributed by atoms with E-state index in [1.54, 1.807) is 6.92 Å². The zero-order valence-corrected chi connectivity index (χ0v) is 9.54. The van der Waals surface area contributed by atoms with Gasteiger partial charge in [-0.2, -0.15) is 0 Å². The number of carbonyl (C=O) groups is 1. The number of aldehydes is 1. The van der Waals surface area contributed by atoms with E-state index >= 15 is 0 Å². The number of hydrogen-bond donors (Lipinski definition) is 0. The van der Waals surface area contributed by atoms with Crippen molar-refractivity contribution in [1.82, 2.24) is 0 Å². The third-order valence-electron chi connectivity index (χ3n) is 2.53. The van der Waals surface area contributed by atoms with Crippen molar-refractivity contribution in [3.05, 3.63) is 29.1 Å². The minimum absolute atomic E-state index is 0.0799. The van der Waals surface area contributed by atoms with Crippen LogP contribution >= 0.6 is 0 Å². The number of carbonyl (C=O) groups excluding carboxylic acids is 1. The molecule has 0 N–H and O–H groups in total. The van der Waals surface area contributed by atoms with Crippen LogP contribution < -0.4 is 4.74 Å². The number of ether oxygens (including phenoxy) is 1. The van der Waals surface area contributed by atoms with Crippen LogP contribution in [0.2, 0.25) is 0 Å². The van der Waals surface area contributed by atoms with Crippen LogP contribution in [0.5, 0.6) is 5.75 Å². The quantitative estimate of drug-likeness (QED) is 0.743. The second-order valence-corrected chi connectivity index (χ2v) is 3.73. The Morgan fingerprint density at radius 1 is 1.41 bits per heavy atom. The SMILES string of the molecule is COc1c(F)cc(C(F)F)cc1C(C)CC=O. The van der Waals surface area contributed by atoms with Crippen molar-refractivity contribution >= 4 is 6.29 Å². The first-order chi connectivity index (χ1) is 8.01. The molecule has 1 unspecified atom stereocenters. The molecule has 0 bridgehead atoms. The highest BCUT2D eigenvalue weighted by Gasteiger charge is 2.19. The maximum absolute atomic E-state index is 13.5. The molecule has 1 atom stereocenters. The second-order valence-electron chi connectivity index (χ2n) is 3.73. The van der Waals surface area contributed by atoms with Gasteiger partial charge in [0.05, 0.1) is 7.11 Å². The number of rotatable bonds is 5. The molecule has 0 amide bonds. The highest BCUT2D eigenvalue weighted by Crippen LogP contribution is 2.34. The van der Waals surface area contributed by atoms with Gasteiger partial charge in [0.2, 0.25) is 0 Å². The van der Waals surface area contributed by atoms with Gasteiger partial charge in [0, 0.05) is 17.5 Å². The Morgan fingerprint density at radius 3 is 2.53 bits per heavy atom. The largest absolute Gasteiger partial charge is 0.493 e. The molecule has 0 saturated heterocycles. The van der Waals surface area contributed by atoms with Gasteiger partial charge in [-0.1, -0.05) is 6.92 Å². The molecule has 1 aromatic carbocycles. The maximum Gasteiger partial charge on any atom is 0.263 e. The Bertz CT molecular complexity index is 405. The first kappa shape index (κ1) is 13.5. The molecule has 0 aromatic heterocycles. The maximum atomic E-state index is 13.5. The van der Waals surface area contributed by atoms with Crippen LogP contribution in [0, 0.1) is 5.82 Å². The summed E-state index contributed by atoms with van der Waals surface area (Å²) in [5, 5.41) is 0. The van der Waals surface area contributed by atoms with E-state index in [-0.39, 0.29) is 23.7 Å². The van der Waals surface area contributed by atoms with E-state index in [0.717, 1.165) is 6.07 Å². The highest BCUT2D eigenvalue weighted by molar-refractivity contribution is 5.53. The van der Waals surface area contributed by atoms with E-state index in [4.69, 9.17) is 4.74 Å². The van der Waals surface area contributed by atoms with Crippen LogP contribution in [0.4, 0.5) is 13.2 Å². The number of benzene rings is 1. The molecule has 94 valence electrons. The lowest BCUT2D eigenvalue weighted by Gasteiger charge is -2.15. The standard InChI is InChI=1S/C12H13F3O2/c1-7(3-4-16)9-5-8(12(14)15)6-10(13)11(9)17-2/h4-7,12H,3H2,1-2H3.